The Bertz CT molecular complexity index is 245. The van der Waals surface area contributed by atoms with Gasteiger partial charge in [0.05, 0.1) is 18.2 Å². The molecule has 0 heterocycles. The van der Waals surface area contributed by atoms with Gasteiger partial charge in [0.15, 0.2) is 11.6 Å². The number of Topliss-reactive ketones (excluding diaryl/α,β-unsaturated/α-hetero) is 2. The zero-order valence-electron chi connectivity index (χ0n) is 7.18. The van der Waals surface area contributed by atoms with E-state index in [0.29, 0.717) is 5.70 Å². The molecule has 1 aliphatic rings. The lowest BCUT2D eigenvalue weighted by Gasteiger charge is -2.17. The second-order valence-electron chi connectivity index (χ2n) is 2.66. The highest BCUT2D eigenvalue weighted by molar-refractivity contribution is 6.12. The third-order valence-electron chi connectivity index (χ3n) is 1.90. The summed E-state index contributed by atoms with van der Waals surface area (Å²) >= 11 is 0. The summed E-state index contributed by atoms with van der Waals surface area (Å²) in [5, 5.41) is 5.58. The van der Waals surface area contributed by atoms with E-state index in [1.54, 1.807) is 20.2 Å². The van der Waals surface area contributed by atoms with Crippen molar-refractivity contribution in [2.75, 3.05) is 14.1 Å². The third kappa shape index (κ3) is 1.53. The van der Waals surface area contributed by atoms with Gasteiger partial charge in [0, 0.05) is 7.05 Å². The van der Waals surface area contributed by atoms with Gasteiger partial charge >= 0.3 is 0 Å². The molecule has 0 bridgehead atoms. The Morgan fingerprint density at radius 3 is 2.58 bits per heavy atom. The monoisotopic (exact) mass is 168 g/mol. The first-order chi connectivity index (χ1) is 5.69. The van der Waals surface area contributed by atoms with Crippen LogP contribution in [0.5, 0.6) is 0 Å². The van der Waals surface area contributed by atoms with E-state index in [-0.39, 0.29) is 24.0 Å². The molecule has 0 aromatic carbocycles. The number of carbonyl (C=O) groups is 2. The summed E-state index contributed by atoms with van der Waals surface area (Å²) < 4.78 is 0. The number of hydrogen-bond acceptors (Lipinski definition) is 4. The van der Waals surface area contributed by atoms with Crippen LogP contribution in [-0.4, -0.2) is 31.7 Å². The van der Waals surface area contributed by atoms with E-state index in [2.05, 4.69) is 10.6 Å². The zero-order valence-corrected chi connectivity index (χ0v) is 7.18. The number of hydrogen-bond donors (Lipinski definition) is 2. The molecule has 4 nitrogen and oxygen atoms in total. The van der Waals surface area contributed by atoms with Crippen LogP contribution in [0.3, 0.4) is 0 Å². The molecule has 0 aliphatic heterocycles. The molecule has 1 atom stereocenters. The van der Waals surface area contributed by atoms with Crippen LogP contribution in [0, 0.1) is 0 Å². The van der Waals surface area contributed by atoms with Gasteiger partial charge in [0.2, 0.25) is 0 Å². The highest BCUT2D eigenvalue weighted by atomic mass is 16.2. The summed E-state index contributed by atoms with van der Waals surface area (Å²) in [4.78, 5) is 22.3. The molecule has 0 saturated heterocycles. The van der Waals surface area contributed by atoms with Gasteiger partial charge in [-0.2, -0.15) is 0 Å². The van der Waals surface area contributed by atoms with Gasteiger partial charge in [-0.05, 0) is 13.1 Å². The van der Waals surface area contributed by atoms with E-state index in [4.69, 9.17) is 0 Å². The normalized spacial score (nSPS) is 23.8. The topological polar surface area (TPSA) is 58.2 Å². The second kappa shape index (κ2) is 3.49. The summed E-state index contributed by atoms with van der Waals surface area (Å²) in [5.74, 6) is -0.199. The predicted molar refractivity (Wildman–Crippen MR) is 44.6 cm³/mol. The number of carbonyl (C=O) groups excluding carboxylic acids is 2. The van der Waals surface area contributed by atoms with Crippen molar-refractivity contribution in [1.82, 2.24) is 10.6 Å². The fourth-order valence-electron chi connectivity index (χ4n) is 1.18. The fourth-order valence-corrected chi connectivity index (χ4v) is 1.18. The molecule has 1 aliphatic carbocycles. The molecule has 0 aromatic rings. The molecule has 12 heavy (non-hydrogen) atoms. The minimum Gasteiger partial charge on any atom is -0.385 e. The first-order valence-electron chi connectivity index (χ1n) is 3.81. The molecular weight excluding hydrogens is 156 g/mol. The van der Waals surface area contributed by atoms with E-state index in [1.807, 2.05) is 0 Å². The van der Waals surface area contributed by atoms with E-state index in [0.717, 1.165) is 0 Å². The van der Waals surface area contributed by atoms with Crippen molar-refractivity contribution in [3.8, 4) is 0 Å². The summed E-state index contributed by atoms with van der Waals surface area (Å²) in [5.41, 5.74) is 0.522. The molecule has 66 valence electrons. The van der Waals surface area contributed by atoms with Crippen molar-refractivity contribution in [1.29, 1.82) is 0 Å². The van der Waals surface area contributed by atoms with Crippen molar-refractivity contribution in [3.05, 3.63) is 11.8 Å². The van der Waals surface area contributed by atoms with Crippen LogP contribution < -0.4 is 10.6 Å². The van der Waals surface area contributed by atoms with Gasteiger partial charge in [-0.3, -0.25) is 9.59 Å². The standard InChI is InChI=1S/C8H12N2O2/c1-9-5-3-6(10-2)8(12)4-7(5)11/h3,5,9-10H,4H2,1-2H3. The molecule has 0 spiro atoms. The Labute approximate surface area is 71.0 Å². The Balaban J connectivity index is 2.87. The Morgan fingerprint density at radius 2 is 2.08 bits per heavy atom. The Morgan fingerprint density at radius 1 is 1.42 bits per heavy atom. The van der Waals surface area contributed by atoms with Crippen LogP contribution in [0.2, 0.25) is 0 Å². The summed E-state index contributed by atoms with van der Waals surface area (Å²) in [7, 11) is 3.37. The van der Waals surface area contributed by atoms with Gasteiger partial charge < -0.3 is 10.6 Å². The number of nitrogens with one attached hydrogen (secondary N) is 2. The van der Waals surface area contributed by atoms with E-state index in [9.17, 15) is 9.59 Å². The maximum absolute atomic E-state index is 11.1. The first-order valence-corrected chi connectivity index (χ1v) is 3.81. The van der Waals surface area contributed by atoms with Gasteiger partial charge in [-0.15, -0.1) is 0 Å². The quantitative estimate of drug-likeness (QED) is 0.531. The van der Waals surface area contributed by atoms with Crippen molar-refractivity contribution in [2.24, 2.45) is 0 Å². The molecule has 1 rings (SSSR count). The lowest BCUT2D eigenvalue weighted by molar-refractivity contribution is -0.126. The third-order valence-corrected chi connectivity index (χ3v) is 1.90. The zero-order chi connectivity index (χ0) is 9.14. The minimum atomic E-state index is -0.315. The summed E-state index contributed by atoms with van der Waals surface area (Å²) in [6.45, 7) is 0. The van der Waals surface area contributed by atoms with Crippen LogP contribution in [0.25, 0.3) is 0 Å². The lowest BCUT2D eigenvalue weighted by Crippen LogP contribution is -2.39. The molecule has 0 aromatic heterocycles. The van der Waals surface area contributed by atoms with Crippen molar-refractivity contribution < 1.29 is 9.59 Å². The molecular formula is C8H12N2O2. The maximum atomic E-state index is 11.1. The fraction of sp³-hybridized carbons (Fsp3) is 0.500. The van der Waals surface area contributed by atoms with Gasteiger partial charge in [0.1, 0.15) is 0 Å². The van der Waals surface area contributed by atoms with Crippen LogP contribution in [0.4, 0.5) is 0 Å². The Hall–Kier alpha value is -1.16. The van der Waals surface area contributed by atoms with Gasteiger partial charge in [-0.1, -0.05) is 0 Å². The number of allylic oxidation sites excluding steroid dienone is 1. The predicted octanol–water partition coefficient (Wildman–Crippen LogP) is -0.780. The molecule has 0 fully saturated rings. The van der Waals surface area contributed by atoms with Crippen molar-refractivity contribution >= 4 is 11.6 Å². The van der Waals surface area contributed by atoms with Gasteiger partial charge in [-0.25, -0.2) is 0 Å². The smallest absolute Gasteiger partial charge is 0.185 e. The van der Waals surface area contributed by atoms with Crippen molar-refractivity contribution in [2.45, 2.75) is 12.5 Å². The second-order valence-corrected chi connectivity index (χ2v) is 2.66. The highest BCUT2D eigenvalue weighted by Gasteiger charge is 2.25. The molecule has 4 heteroatoms. The minimum absolute atomic E-state index is 0.00181. The molecule has 1 unspecified atom stereocenters. The number of ketones is 2. The van der Waals surface area contributed by atoms with Crippen LogP contribution in [0.1, 0.15) is 6.42 Å². The average Bonchev–Trinajstić information content (AvgIpc) is 2.05. The highest BCUT2D eigenvalue weighted by Crippen LogP contribution is 2.08. The van der Waals surface area contributed by atoms with E-state index >= 15 is 0 Å². The average molecular weight is 168 g/mol. The molecule has 0 amide bonds. The van der Waals surface area contributed by atoms with Gasteiger partial charge in [0.25, 0.3) is 0 Å². The lowest BCUT2D eigenvalue weighted by atomic mass is 9.97. The molecule has 0 radical (unpaired) electrons. The SMILES string of the molecule is CNC1=CC(NC)C(=O)CC1=O. The molecule has 2 N–H and O–H groups in total. The number of rotatable bonds is 2. The summed E-state index contributed by atoms with van der Waals surface area (Å²) in [6, 6.07) is -0.315. The van der Waals surface area contributed by atoms with Crippen molar-refractivity contribution in [3.63, 3.8) is 0 Å². The molecule has 0 saturated carbocycles. The van der Waals surface area contributed by atoms with Crippen LogP contribution >= 0.6 is 0 Å². The van der Waals surface area contributed by atoms with Crippen LogP contribution in [-0.2, 0) is 9.59 Å². The van der Waals surface area contributed by atoms with E-state index < -0.39 is 0 Å². The first kappa shape index (κ1) is 8.93. The maximum Gasteiger partial charge on any atom is 0.185 e. The largest absolute Gasteiger partial charge is 0.385 e. The Kier molecular flexibility index (Phi) is 2.60. The van der Waals surface area contributed by atoms with E-state index in [1.165, 1.54) is 0 Å². The number of likely N-dealkylation sites (N-methyl/N-ethyl adjacent to an activating group) is 2. The van der Waals surface area contributed by atoms with Crippen LogP contribution in [0.15, 0.2) is 11.8 Å². The summed E-state index contributed by atoms with van der Waals surface area (Å²) in [6.07, 6.45) is 1.62.